The molecule has 0 saturated carbocycles. The van der Waals surface area contributed by atoms with Gasteiger partial charge < -0.3 is 0 Å². The van der Waals surface area contributed by atoms with Gasteiger partial charge in [0.15, 0.2) is 0 Å². The smallest absolute Gasteiger partial charge is 0.207 e. The summed E-state index contributed by atoms with van der Waals surface area (Å²) in [4.78, 5) is -0.301. The molecule has 0 amide bonds. The van der Waals surface area contributed by atoms with E-state index in [2.05, 4.69) is 6.58 Å². The fourth-order valence-electron chi connectivity index (χ4n) is 2.15. The molecule has 0 bridgehead atoms. The van der Waals surface area contributed by atoms with E-state index in [4.69, 9.17) is 0 Å². The summed E-state index contributed by atoms with van der Waals surface area (Å²) in [5.74, 6) is -0.740. The van der Waals surface area contributed by atoms with Crippen LogP contribution in [0.25, 0.3) is 0 Å². The molecule has 0 fully saturated rings. The molecule has 3 nitrogen and oxygen atoms in total. The Hall–Kier alpha value is -1.98. The van der Waals surface area contributed by atoms with E-state index in [0.717, 1.165) is 11.6 Å². The second-order valence-corrected chi connectivity index (χ2v) is 6.72. The normalized spacial score (nSPS) is 11.5. The summed E-state index contributed by atoms with van der Waals surface area (Å²) >= 11 is 0. The van der Waals surface area contributed by atoms with Crippen LogP contribution in [-0.2, 0) is 16.4 Å². The standard InChI is InChI=1S/C17H18FNO2S/c1-2-13-19(14-12-15-8-4-3-5-9-15)22(20,21)17-11-7-6-10-16(17)18/h2-11H,1,12-14H2. The predicted molar refractivity (Wildman–Crippen MR) is 85.5 cm³/mol. The Balaban J connectivity index is 2.23. The maximum absolute atomic E-state index is 13.8. The molecule has 0 aliphatic heterocycles. The number of halogens is 1. The van der Waals surface area contributed by atoms with E-state index in [1.807, 2.05) is 30.3 Å². The molecule has 0 radical (unpaired) electrons. The van der Waals surface area contributed by atoms with Crippen LogP contribution in [0.2, 0.25) is 0 Å². The van der Waals surface area contributed by atoms with Crippen LogP contribution in [0.3, 0.4) is 0 Å². The first kappa shape index (κ1) is 16.4. The van der Waals surface area contributed by atoms with E-state index in [1.165, 1.54) is 28.6 Å². The van der Waals surface area contributed by atoms with Gasteiger partial charge in [0.25, 0.3) is 0 Å². The minimum atomic E-state index is -3.88. The van der Waals surface area contributed by atoms with Crippen LogP contribution in [0.15, 0.2) is 72.1 Å². The minimum Gasteiger partial charge on any atom is -0.207 e. The highest BCUT2D eigenvalue weighted by Gasteiger charge is 2.26. The quantitative estimate of drug-likeness (QED) is 0.735. The van der Waals surface area contributed by atoms with E-state index >= 15 is 0 Å². The average Bonchev–Trinajstić information content (AvgIpc) is 2.52. The molecule has 0 aliphatic rings. The first-order chi connectivity index (χ1) is 10.6. The van der Waals surface area contributed by atoms with Gasteiger partial charge in [-0.1, -0.05) is 48.5 Å². The summed E-state index contributed by atoms with van der Waals surface area (Å²) in [6.07, 6.45) is 2.06. The van der Waals surface area contributed by atoms with Gasteiger partial charge >= 0.3 is 0 Å². The molecule has 2 rings (SSSR count). The van der Waals surface area contributed by atoms with Gasteiger partial charge in [-0.2, -0.15) is 4.31 Å². The van der Waals surface area contributed by atoms with Gasteiger partial charge in [-0.25, -0.2) is 12.8 Å². The minimum absolute atomic E-state index is 0.142. The molecule has 2 aromatic rings. The lowest BCUT2D eigenvalue weighted by atomic mass is 10.1. The summed E-state index contributed by atoms with van der Waals surface area (Å²) in [6, 6.07) is 15.0. The molecule has 0 spiro atoms. The van der Waals surface area contributed by atoms with Crippen LogP contribution in [0, 0.1) is 5.82 Å². The van der Waals surface area contributed by atoms with Gasteiger partial charge in [0.05, 0.1) is 0 Å². The lowest BCUT2D eigenvalue weighted by Gasteiger charge is -2.21. The number of nitrogens with zero attached hydrogens (tertiary/aromatic N) is 1. The van der Waals surface area contributed by atoms with Gasteiger partial charge in [0, 0.05) is 13.1 Å². The van der Waals surface area contributed by atoms with E-state index in [9.17, 15) is 12.8 Å². The van der Waals surface area contributed by atoms with Crippen LogP contribution in [0.5, 0.6) is 0 Å². The molecule has 0 heterocycles. The third-order valence-electron chi connectivity index (χ3n) is 3.28. The van der Waals surface area contributed by atoms with E-state index in [0.29, 0.717) is 6.42 Å². The molecule has 22 heavy (non-hydrogen) atoms. The molecular formula is C17H18FNO2S. The lowest BCUT2D eigenvalue weighted by molar-refractivity contribution is 0.440. The van der Waals surface area contributed by atoms with Gasteiger partial charge in [-0.3, -0.25) is 0 Å². The monoisotopic (exact) mass is 319 g/mol. The fraction of sp³-hybridized carbons (Fsp3) is 0.176. The fourth-order valence-corrected chi connectivity index (χ4v) is 3.62. The molecule has 0 N–H and O–H groups in total. The van der Waals surface area contributed by atoms with Crippen molar-refractivity contribution in [1.82, 2.24) is 4.31 Å². The average molecular weight is 319 g/mol. The Labute approximate surface area is 130 Å². The Bertz CT molecular complexity index is 729. The molecule has 2 aromatic carbocycles. The van der Waals surface area contributed by atoms with Gasteiger partial charge in [-0.05, 0) is 24.1 Å². The van der Waals surface area contributed by atoms with E-state index in [-0.39, 0.29) is 18.0 Å². The first-order valence-electron chi connectivity index (χ1n) is 6.95. The van der Waals surface area contributed by atoms with Crippen LogP contribution >= 0.6 is 0 Å². The van der Waals surface area contributed by atoms with Crippen molar-refractivity contribution in [2.45, 2.75) is 11.3 Å². The second-order valence-electron chi connectivity index (χ2n) is 4.82. The van der Waals surface area contributed by atoms with Gasteiger partial charge in [-0.15, -0.1) is 6.58 Å². The molecule has 0 saturated heterocycles. The first-order valence-corrected chi connectivity index (χ1v) is 8.39. The van der Waals surface area contributed by atoms with Gasteiger partial charge in [0.2, 0.25) is 10.0 Å². The molecule has 0 aromatic heterocycles. The topological polar surface area (TPSA) is 37.4 Å². The third kappa shape index (κ3) is 3.81. The number of benzene rings is 2. The zero-order valence-electron chi connectivity index (χ0n) is 12.2. The van der Waals surface area contributed by atoms with Crippen LogP contribution < -0.4 is 0 Å². The van der Waals surface area contributed by atoms with E-state index in [1.54, 1.807) is 0 Å². The Morgan fingerprint density at radius 3 is 2.32 bits per heavy atom. The number of sulfonamides is 1. The summed E-state index contributed by atoms with van der Waals surface area (Å²) in [6.45, 7) is 4.00. The van der Waals surface area contributed by atoms with Crippen molar-refractivity contribution in [3.05, 3.63) is 78.6 Å². The van der Waals surface area contributed by atoms with Crippen LogP contribution in [0.4, 0.5) is 4.39 Å². The Morgan fingerprint density at radius 2 is 1.68 bits per heavy atom. The lowest BCUT2D eigenvalue weighted by Crippen LogP contribution is -2.33. The summed E-state index contributed by atoms with van der Waals surface area (Å²) < 4.78 is 40.3. The van der Waals surface area contributed by atoms with Crippen molar-refractivity contribution >= 4 is 10.0 Å². The third-order valence-corrected chi connectivity index (χ3v) is 5.18. The molecule has 0 atom stereocenters. The largest absolute Gasteiger partial charge is 0.246 e. The Kier molecular flexibility index (Phi) is 5.46. The van der Waals surface area contributed by atoms with Crippen molar-refractivity contribution in [3.63, 3.8) is 0 Å². The maximum Gasteiger partial charge on any atom is 0.246 e. The summed E-state index contributed by atoms with van der Waals surface area (Å²) in [7, 11) is -3.88. The molecular weight excluding hydrogens is 301 g/mol. The number of rotatable bonds is 7. The van der Waals surface area contributed by atoms with Crippen molar-refractivity contribution in [2.75, 3.05) is 13.1 Å². The molecule has 116 valence electrons. The summed E-state index contributed by atoms with van der Waals surface area (Å²) in [5, 5.41) is 0. The van der Waals surface area contributed by atoms with Crippen molar-refractivity contribution in [2.24, 2.45) is 0 Å². The zero-order valence-corrected chi connectivity index (χ0v) is 13.0. The van der Waals surface area contributed by atoms with Gasteiger partial charge in [0.1, 0.15) is 10.7 Å². The van der Waals surface area contributed by atoms with E-state index < -0.39 is 15.8 Å². The highest BCUT2D eigenvalue weighted by atomic mass is 32.2. The number of hydrogen-bond donors (Lipinski definition) is 0. The Morgan fingerprint density at radius 1 is 1.05 bits per heavy atom. The number of hydrogen-bond acceptors (Lipinski definition) is 2. The SMILES string of the molecule is C=CCN(CCc1ccccc1)S(=O)(=O)c1ccccc1F. The predicted octanol–water partition coefficient (Wildman–Crippen LogP) is 3.25. The van der Waals surface area contributed by atoms with Crippen molar-refractivity contribution in [3.8, 4) is 0 Å². The van der Waals surface area contributed by atoms with Crippen LogP contribution in [-0.4, -0.2) is 25.8 Å². The maximum atomic E-state index is 13.8. The molecule has 0 aliphatic carbocycles. The highest BCUT2D eigenvalue weighted by molar-refractivity contribution is 7.89. The van der Waals surface area contributed by atoms with Crippen LogP contribution in [0.1, 0.15) is 5.56 Å². The van der Waals surface area contributed by atoms with Crippen molar-refractivity contribution < 1.29 is 12.8 Å². The summed E-state index contributed by atoms with van der Waals surface area (Å²) in [5.41, 5.74) is 1.03. The zero-order chi connectivity index (χ0) is 16.0. The highest BCUT2D eigenvalue weighted by Crippen LogP contribution is 2.19. The second kappa shape index (κ2) is 7.33. The molecule has 0 unspecified atom stereocenters. The van der Waals surface area contributed by atoms with Crippen molar-refractivity contribution in [1.29, 1.82) is 0 Å². The molecule has 5 heteroatoms.